The number of aromatic hydroxyl groups is 1. The van der Waals surface area contributed by atoms with Gasteiger partial charge in [-0.05, 0) is 31.0 Å². The number of carbonyl (C=O) groups is 1. The van der Waals surface area contributed by atoms with Crippen molar-refractivity contribution >= 4 is 5.91 Å². The number of benzene rings is 1. The lowest BCUT2D eigenvalue weighted by atomic mass is 10.1. The summed E-state index contributed by atoms with van der Waals surface area (Å²) < 4.78 is 0. The first kappa shape index (κ1) is 13.1. The Labute approximate surface area is 101 Å². The number of phenolic OH excluding ortho intramolecular Hbond substituents is 1. The average Bonchev–Trinajstić information content (AvgIpc) is 2.32. The van der Waals surface area contributed by atoms with Gasteiger partial charge in [0.1, 0.15) is 5.75 Å². The van der Waals surface area contributed by atoms with Gasteiger partial charge < -0.3 is 16.2 Å². The van der Waals surface area contributed by atoms with Gasteiger partial charge in [-0.15, -0.1) is 5.92 Å². The van der Waals surface area contributed by atoms with Gasteiger partial charge in [0.2, 0.25) is 5.91 Å². The first-order valence-corrected chi connectivity index (χ1v) is 5.34. The molecule has 1 atom stereocenters. The van der Waals surface area contributed by atoms with E-state index in [0.29, 0.717) is 13.0 Å². The number of hydrogen-bond acceptors (Lipinski definition) is 3. The monoisotopic (exact) mass is 232 g/mol. The zero-order chi connectivity index (χ0) is 12.7. The summed E-state index contributed by atoms with van der Waals surface area (Å²) in [4.78, 5) is 11.5. The van der Waals surface area contributed by atoms with Crippen LogP contribution in [0.5, 0.6) is 5.75 Å². The largest absolute Gasteiger partial charge is 0.508 e. The predicted octanol–water partition coefficient (Wildman–Crippen LogP) is 0.402. The van der Waals surface area contributed by atoms with Gasteiger partial charge in [0.15, 0.2) is 0 Å². The highest BCUT2D eigenvalue weighted by Crippen LogP contribution is 2.10. The molecule has 90 valence electrons. The minimum absolute atomic E-state index is 0.199. The Morgan fingerprint density at radius 2 is 2.12 bits per heavy atom. The van der Waals surface area contributed by atoms with E-state index >= 15 is 0 Å². The molecule has 0 bridgehead atoms. The molecule has 0 aliphatic carbocycles. The van der Waals surface area contributed by atoms with E-state index in [1.165, 1.54) is 0 Å². The molecule has 0 saturated heterocycles. The maximum atomic E-state index is 11.5. The van der Waals surface area contributed by atoms with Crippen LogP contribution in [0.4, 0.5) is 0 Å². The number of nitrogens with two attached hydrogens (primary N) is 1. The average molecular weight is 232 g/mol. The van der Waals surface area contributed by atoms with Crippen molar-refractivity contribution < 1.29 is 9.90 Å². The van der Waals surface area contributed by atoms with Crippen LogP contribution >= 0.6 is 0 Å². The van der Waals surface area contributed by atoms with Crippen molar-refractivity contribution in [2.75, 3.05) is 6.54 Å². The molecule has 0 radical (unpaired) electrons. The fourth-order valence-electron chi connectivity index (χ4n) is 1.33. The number of phenols is 1. The van der Waals surface area contributed by atoms with Crippen LogP contribution in [-0.2, 0) is 11.2 Å². The Hall–Kier alpha value is -1.99. The molecule has 0 heterocycles. The summed E-state index contributed by atoms with van der Waals surface area (Å²) in [6, 6.07) is 6.03. The summed E-state index contributed by atoms with van der Waals surface area (Å²) in [5.41, 5.74) is 6.66. The van der Waals surface area contributed by atoms with E-state index in [1.54, 1.807) is 31.2 Å². The van der Waals surface area contributed by atoms with Crippen molar-refractivity contribution in [3.63, 3.8) is 0 Å². The molecule has 0 aliphatic heterocycles. The maximum absolute atomic E-state index is 11.5. The van der Waals surface area contributed by atoms with Crippen LogP contribution < -0.4 is 11.1 Å². The van der Waals surface area contributed by atoms with Crippen LogP contribution in [-0.4, -0.2) is 23.6 Å². The molecule has 1 aromatic rings. The number of rotatable bonds is 4. The van der Waals surface area contributed by atoms with Crippen molar-refractivity contribution in [1.29, 1.82) is 0 Å². The van der Waals surface area contributed by atoms with Crippen molar-refractivity contribution in [2.45, 2.75) is 19.4 Å². The molecule has 1 rings (SSSR count). The third kappa shape index (κ3) is 4.58. The van der Waals surface area contributed by atoms with E-state index < -0.39 is 6.04 Å². The molecule has 4 nitrogen and oxygen atoms in total. The van der Waals surface area contributed by atoms with Gasteiger partial charge in [-0.2, -0.15) is 0 Å². The number of amides is 1. The lowest BCUT2D eigenvalue weighted by Crippen LogP contribution is -2.42. The molecule has 0 saturated carbocycles. The fraction of sp³-hybridized carbons (Fsp3) is 0.308. The summed E-state index contributed by atoms with van der Waals surface area (Å²) in [5.74, 6) is 5.40. The van der Waals surface area contributed by atoms with Crippen LogP contribution in [0.25, 0.3) is 0 Å². The molecule has 1 amide bonds. The molecule has 1 aromatic carbocycles. The van der Waals surface area contributed by atoms with Crippen LogP contribution in [0, 0.1) is 11.8 Å². The summed E-state index contributed by atoms with van der Waals surface area (Å²) in [7, 11) is 0. The SMILES string of the molecule is CC#CCNC(=O)[C@H](N)Cc1ccc(O)cc1. The van der Waals surface area contributed by atoms with Crippen LogP contribution in [0.1, 0.15) is 12.5 Å². The molecule has 4 N–H and O–H groups in total. The van der Waals surface area contributed by atoms with E-state index in [9.17, 15) is 4.79 Å². The Morgan fingerprint density at radius 1 is 1.47 bits per heavy atom. The molecule has 0 unspecified atom stereocenters. The summed E-state index contributed by atoms with van der Waals surface area (Å²) in [6.07, 6.45) is 0.436. The zero-order valence-corrected chi connectivity index (χ0v) is 9.73. The van der Waals surface area contributed by atoms with Crippen LogP contribution in [0.3, 0.4) is 0 Å². The number of nitrogens with one attached hydrogen (secondary N) is 1. The van der Waals surface area contributed by atoms with E-state index in [4.69, 9.17) is 10.8 Å². The van der Waals surface area contributed by atoms with Gasteiger partial charge in [0.25, 0.3) is 0 Å². The Balaban J connectivity index is 2.47. The third-order valence-corrected chi connectivity index (χ3v) is 2.26. The van der Waals surface area contributed by atoms with Gasteiger partial charge in [0.05, 0.1) is 12.6 Å². The van der Waals surface area contributed by atoms with E-state index in [1.807, 2.05) is 0 Å². The van der Waals surface area contributed by atoms with Gasteiger partial charge in [-0.1, -0.05) is 18.1 Å². The first-order valence-electron chi connectivity index (χ1n) is 5.34. The molecule has 17 heavy (non-hydrogen) atoms. The van der Waals surface area contributed by atoms with Crippen LogP contribution in [0.15, 0.2) is 24.3 Å². The highest BCUT2D eigenvalue weighted by molar-refractivity contribution is 5.82. The van der Waals surface area contributed by atoms with Gasteiger partial charge in [-0.25, -0.2) is 0 Å². The summed E-state index contributed by atoms with van der Waals surface area (Å²) in [5, 5.41) is 11.7. The van der Waals surface area contributed by atoms with Gasteiger partial charge in [0, 0.05) is 0 Å². The second-order valence-electron chi connectivity index (χ2n) is 3.62. The van der Waals surface area contributed by atoms with Gasteiger partial charge in [-0.3, -0.25) is 4.79 Å². The minimum atomic E-state index is -0.599. The minimum Gasteiger partial charge on any atom is -0.508 e. The molecule has 4 heteroatoms. The summed E-state index contributed by atoms with van der Waals surface area (Å²) >= 11 is 0. The zero-order valence-electron chi connectivity index (χ0n) is 9.73. The molecule has 0 aromatic heterocycles. The third-order valence-electron chi connectivity index (χ3n) is 2.26. The van der Waals surface area contributed by atoms with Crippen molar-refractivity contribution in [2.24, 2.45) is 5.73 Å². The highest BCUT2D eigenvalue weighted by atomic mass is 16.3. The second-order valence-corrected chi connectivity index (χ2v) is 3.62. The smallest absolute Gasteiger partial charge is 0.238 e. The van der Waals surface area contributed by atoms with Crippen LogP contribution in [0.2, 0.25) is 0 Å². The summed E-state index contributed by atoms with van der Waals surface area (Å²) in [6.45, 7) is 2.03. The predicted molar refractivity (Wildman–Crippen MR) is 66.2 cm³/mol. The van der Waals surface area contributed by atoms with Gasteiger partial charge >= 0.3 is 0 Å². The normalized spacial score (nSPS) is 11.2. The van der Waals surface area contributed by atoms with Crippen molar-refractivity contribution in [3.05, 3.63) is 29.8 Å². The number of hydrogen-bond donors (Lipinski definition) is 3. The topological polar surface area (TPSA) is 75.4 Å². The molecular formula is C13H16N2O2. The van der Waals surface area contributed by atoms with E-state index in [-0.39, 0.29) is 11.7 Å². The Bertz CT molecular complexity index is 429. The molecule has 0 aliphatic rings. The Kier molecular flexibility index (Phi) is 5.05. The first-order chi connectivity index (χ1) is 8.13. The van der Waals surface area contributed by atoms with E-state index in [2.05, 4.69) is 17.2 Å². The molecule has 0 spiro atoms. The Morgan fingerprint density at radius 3 is 2.71 bits per heavy atom. The lowest BCUT2D eigenvalue weighted by Gasteiger charge is -2.10. The fourth-order valence-corrected chi connectivity index (χ4v) is 1.33. The van der Waals surface area contributed by atoms with Crippen molar-refractivity contribution in [3.8, 4) is 17.6 Å². The van der Waals surface area contributed by atoms with Crippen molar-refractivity contribution in [1.82, 2.24) is 5.32 Å². The second kappa shape index (κ2) is 6.56. The standard InChI is InChI=1S/C13H16N2O2/c1-2-3-8-15-13(17)12(14)9-10-4-6-11(16)7-5-10/h4-7,12,16H,8-9,14H2,1H3,(H,15,17)/t12-/m1/s1. The van der Waals surface area contributed by atoms with E-state index in [0.717, 1.165) is 5.56 Å². The highest BCUT2D eigenvalue weighted by Gasteiger charge is 2.12. The molecular weight excluding hydrogens is 216 g/mol. The lowest BCUT2D eigenvalue weighted by molar-refractivity contribution is -0.122. The maximum Gasteiger partial charge on any atom is 0.238 e. The number of carbonyl (C=O) groups excluding carboxylic acids is 1. The molecule has 0 fully saturated rings. The quantitative estimate of drug-likeness (QED) is 0.658.